The number of fused-ring (bicyclic) bond motifs is 2. The average Bonchev–Trinajstić information content (AvgIpc) is 3.14. The third-order valence-corrected chi connectivity index (χ3v) is 8.13. The van der Waals surface area contributed by atoms with Crippen LogP contribution in [0.2, 0.25) is 0 Å². The molecule has 2 aliphatic heterocycles. The van der Waals surface area contributed by atoms with Crippen molar-refractivity contribution in [3.8, 4) is 5.75 Å². The number of hydrogen-bond acceptors (Lipinski definition) is 5. The van der Waals surface area contributed by atoms with Gasteiger partial charge < -0.3 is 19.8 Å². The van der Waals surface area contributed by atoms with Gasteiger partial charge in [-0.15, -0.1) is 0 Å². The predicted octanol–water partition coefficient (Wildman–Crippen LogP) is 3.37. The molecule has 2 bridgehead atoms. The number of ether oxygens (including phenoxy) is 1. The minimum Gasteiger partial charge on any atom is -0.489 e. The lowest BCUT2D eigenvalue weighted by atomic mass is 9.78. The summed E-state index contributed by atoms with van der Waals surface area (Å²) in [6.07, 6.45) is 2.41. The summed E-state index contributed by atoms with van der Waals surface area (Å²) in [7, 11) is -0.547. The maximum Gasteiger partial charge on any atom is 0.494 e. The number of amides is 1. The molecular formula is C27H35BN2O4. The first kappa shape index (κ1) is 23.4. The van der Waals surface area contributed by atoms with E-state index in [0.29, 0.717) is 23.1 Å². The van der Waals surface area contributed by atoms with Gasteiger partial charge in [-0.25, -0.2) is 0 Å². The maximum absolute atomic E-state index is 12.4. The first-order valence-corrected chi connectivity index (χ1v) is 12.4. The van der Waals surface area contributed by atoms with Crippen molar-refractivity contribution >= 4 is 18.5 Å². The summed E-state index contributed by atoms with van der Waals surface area (Å²) < 4.78 is 18.8. The van der Waals surface area contributed by atoms with Crippen molar-refractivity contribution < 1.29 is 18.8 Å². The van der Waals surface area contributed by atoms with Gasteiger partial charge >= 0.3 is 7.12 Å². The van der Waals surface area contributed by atoms with E-state index in [0.717, 1.165) is 37.9 Å². The molecule has 3 atom stereocenters. The standard InChI is InChI=1S/C27H35BN2O4/c1-26(2)27(3,4)34-28(33-26)21-12-13-23(22(14-21)25(29)31)32-24-19-10-11-20(24)17-30(16-19)15-18-8-6-5-7-9-18/h5-9,12-14,19-20,24H,10-11,15-17H2,1-4H3,(H2,29,31)/t19-,20+,24?. The molecule has 34 heavy (non-hydrogen) atoms. The zero-order valence-corrected chi connectivity index (χ0v) is 20.6. The number of carbonyl (C=O) groups is 1. The first-order valence-electron chi connectivity index (χ1n) is 12.4. The highest BCUT2D eigenvalue weighted by molar-refractivity contribution is 6.62. The first-order chi connectivity index (χ1) is 16.1. The third kappa shape index (κ3) is 4.37. The molecule has 1 unspecified atom stereocenters. The zero-order valence-electron chi connectivity index (χ0n) is 20.6. The van der Waals surface area contributed by atoms with Gasteiger partial charge in [0.2, 0.25) is 0 Å². The molecule has 7 heteroatoms. The number of nitrogens with zero attached hydrogens (tertiary/aromatic N) is 1. The van der Waals surface area contributed by atoms with Crippen molar-refractivity contribution in [3.63, 3.8) is 0 Å². The van der Waals surface area contributed by atoms with Crippen LogP contribution in [0.15, 0.2) is 48.5 Å². The summed E-state index contributed by atoms with van der Waals surface area (Å²) in [6.45, 7) is 11.0. The number of carbonyl (C=O) groups excluding carboxylic acids is 1. The van der Waals surface area contributed by atoms with Crippen LogP contribution in [-0.4, -0.2) is 48.3 Å². The molecule has 3 aliphatic rings. The van der Waals surface area contributed by atoms with Gasteiger partial charge in [0.15, 0.2) is 0 Å². The van der Waals surface area contributed by atoms with E-state index in [1.54, 1.807) is 6.07 Å². The van der Waals surface area contributed by atoms with E-state index in [-0.39, 0.29) is 6.10 Å². The lowest BCUT2D eigenvalue weighted by molar-refractivity contribution is 0.00578. The fraction of sp³-hybridized carbons (Fsp3) is 0.519. The molecule has 3 fully saturated rings. The van der Waals surface area contributed by atoms with Crippen molar-refractivity contribution in [3.05, 3.63) is 59.7 Å². The van der Waals surface area contributed by atoms with E-state index in [9.17, 15) is 4.79 Å². The molecule has 180 valence electrons. The van der Waals surface area contributed by atoms with Gasteiger partial charge in [0, 0.05) is 31.5 Å². The Morgan fingerprint density at radius 2 is 1.65 bits per heavy atom. The van der Waals surface area contributed by atoms with E-state index < -0.39 is 24.2 Å². The summed E-state index contributed by atoms with van der Waals surface area (Å²) >= 11 is 0. The summed E-state index contributed by atoms with van der Waals surface area (Å²) in [5.41, 5.74) is 7.38. The molecule has 1 aliphatic carbocycles. The Morgan fingerprint density at radius 3 is 2.24 bits per heavy atom. The number of hydrogen-bond donors (Lipinski definition) is 1. The Labute approximate surface area is 202 Å². The van der Waals surface area contributed by atoms with Gasteiger partial charge in [-0.2, -0.15) is 0 Å². The molecule has 1 saturated carbocycles. The molecule has 1 amide bonds. The highest BCUT2D eigenvalue weighted by Crippen LogP contribution is 2.41. The number of likely N-dealkylation sites (tertiary alicyclic amines) is 1. The fourth-order valence-electron chi connectivity index (χ4n) is 5.55. The summed E-state index contributed by atoms with van der Waals surface area (Å²) in [5, 5.41) is 0. The van der Waals surface area contributed by atoms with E-state index in [4.69, 9.17) is 19.8 Å². The minimum atomic E-state index is -0.547. The minimum absolute atomic E-state index is 0.104. The highest BCUT2D eigenvalue weighted by atomic mass is 16.7. The van der Waals surface area contributed by atoms with Crippen LogP contribution in [0.1, 0.15) is 56.5 Å². The van der Waals surface area contributed by atoms with Gasteiger partial charge in [0.05, 0.1) is 16.8 Å². The second-order valence-electron chi connectivity index (χ2n) is 11.1. The van der Waals surface area contributed by atoms with Gasteiger partial charge in [-0.1, -0.05) is 36.4 Å². The quantitative estimate of drug-likeness (QED) is 0.667. The second kappa shape index (κ2) is 8.70. The molecule has 0 spiro atoms. The predicted molar refractivity (Wildman–Crippen MR) is 133 cm³/mol. The largest absolute Gasteiger partial charge is 0.494 e. The van der Waals surface area contributed by atoms with Gasteiger partial charge in [-0.3, -0.25) is 9.69 Å². The van der Waals surface area contributed by atoms with Crippen molar-refractivity contribution in [2.24, 2.45) is 17.6 Å². The van der Waals surface area contributed by atoms with E-state index in [1.807, 2.05) is 39.8 Å². The van der Waals surface area contributed by atoms with Crippen molar-refractivity contribution in [1.29, 1.82) is 0 Å². The van der Waals surface area contributed by atoms with Crippen LogP contribution in [-0.2, 0) is 15.9 Å². The van der Waals surface area contributed by atoms with Crippen molar-refractivity contribution in [2.75, 3.05) is 13.1 Å². The van der Waals surface area contributed by atoms with Crippen LogP contribution < -0.4 is 15.9 Å². The molecule has 2 saturated heterocycles. The van der Waals surface area contributed by atoms with Crippen LogP contribution >= 0.6 is 0 Å². The fourth-order valence-corrected chi connectivity index (χ4v) is 5.55. The van der Waals surface area contributed by atoms with E-state index >= 15 is 0 Å². The topological polar surface area (TPSA) is 74.0 Å². The lowest BCUT2D eigenvalue weighted by Gasteiger charge is -2.38. The molecule has 6 nitrogen and oxygen atoms in total. The Kier molecular flexibility index (Phi) is 5.99. The number of rotatable bonds is 6. The van der Waals surface area contributed by atoms with Crippen LogP contribution in [0.3, 0.4) is 0 Å². The molecular weight excluding hydrogens is 427 g/mol. The van der Waals surface area contributed by atoms with Crippen LogP contribution in [0, 0.1) is 11.8 Å². The van der Waals surface area contributed by atoms with Gasteiger partial charge in [-0.05, 0) is 63.7 Å². The van der Waals surface area contributed by atoms with Crippen LogP contribution in [0.5, 0.6) is 5.75 Å². The lowest BCUT2D eigenvalue weighted by Crippen LogP contribution is -2.47. The number of primary amides is 1. The summed E-state index contributed by atoms with van der Waals surface area (Å²) in [6, 6.07) is 16.2. The molecule has 2 aromatic rings. The normalized spacial score (nSPS) is 27.6. The highest BCUT2D eigenvalue weighted by Gasteiger charge is 2.52. The Hall–Kier alpha value is -2.35. The van der Waals surface area contributed by atoms with Crippen molar-refractivity contribution in [1.82, 2.24) is 4.90 Å². The molecule has 0 aromatic heterocycles. The number of piperidine rings is 1. The van der Waals surface area contributed by atoms with Crippen LogP contribution in [0.4, 0.5) is 0 Å². The van der Waals surface area contributed by atoms with Gasteiger partial charge in [0.25, 0.3) is 5.91 Å². The molecule has 2 aromatic carbocycles. The van der Waals surface area contributed by atoms with Crippen LogP contribution in [0.25, 0.3) is 0 Å². The average molecular weight is 462 g/mol. The Morgan fingerprint density at radius 1 is 1.03 bits per heavy atom. The monoisotopic (exact) mass is 462 g/mol. The molecule has 2 N–H and O–H groups in total. The smallest absolute Gasteiger partial charge is 0.489 e. The van der Waals surface area contributed by atoms with Gasteiger partial charge in [0.1, 0.15) is 11.9 Å². The third-order valence-electron chi connectivity index (χ3n) is 8.13. The Balaban J connectivity index is 1.31. The molecule has 2 heterocycles. The number of nitrogens with two attached hydrogens (primary N) is 1. The molecule has 5 rings (SSSR count). The summed E-state index contributed by atoms with van der Waals surface area (Å²) in [4.78, 5) is 14.9. The second-order valence-corrected chi connectivity index (χ2v) is 11.1. The van der Waals surface area contributed by atoms with Crippen molar-refractivity contribution in [2.45, 2.75) is 64.4 Å². The Bertz CT molecular complexity index is 1030. The zero-order chi connectivity index (χ0) is 24.1. The number of benzene rings is 2. The maximum atomic E-state index is 12.4. The summed E-state index contributed by atoms with van der Waals surface area (Å²) in [5.74, 6) is 0.963. The SMILES string of the molecule is CC1(C)OB(c2ccc(OC3[C@@H]4CC[C@H]3CN(Cc3ccccc3)C4)c(C(N)=O)c2)OC1(C)C. The van der Waals surface area contributed by atoms with E-state index in [2.05, 4.69) is 35.2 Å². The van der Waals surface area contributed by atoms with E-state index in [1.165, 1.54) is 5.56 Å². The molecule has 0 radical (unpaired) electrons.